The smallest absolute Gasteiger partial charge is 0.306 e. The summed E-state index contributed by atoms with van der Waals surface area (Å²) in [5, 5.41) is 13.8. The van der Waals surface area contributed by atoms with Gasteiger partial charge in [-0.15, -0.1) is 11.3 Å². The standard InChI is InChI=1S/C16H20N2O2S/c1-10(15-18-13-7-2-3-8-14(13)21-15)17-12-6-4-5-11(9-12)16(19)20/h2-3,7-8,10-12,17H,4-6,9H2,1H3,(H,19,20). The second kappa shape index (κ2) is 6.12. The van der Waals surface area contributed by atoms with E-state index in [0.29, 0.717) is 0 Å². The lowest BCUT2D eigenvalue weighted by Gasteiger charge is -2.29. The van der Waals surface area contributed by atoms with Crippen molar-refractivity contribution in [3.8, 4) is 0 Å². The molecule has 21 heavy (non-hydrogen) atoms. The predicted octanol–water partition coefficient (Wildman–Crippen LogP) is 3.59. The Bertz CT molecular complexity index is 607. The lowest BCUT2D eigenvalue weighted by atomic mass is 9.85. The highest BCUT2D eigenvalue weighted by atomic mass is 32.1. The number of fused-ring (bicyclic) bond motifs is 1. The number of rotatable bonds is 4. The van der Waals surface area contributed by atoms with Crippen molar-refractivity contribution in [2.75, 3.05) is 0 Å². The van der Waals surface area contributed by atoms with Gasteiger partial charge < -0.3 is 10.4 Å². The molecule has 1 aliphatic rings. The Morgan fingerprint density at radius 1 is 1.43 bits per heavy atom. The SMILES string of the molecule is CC(NC1CCCC(C(=O)O)C1)c1nc2ccccc2s1. The fraction of sp³-hybridized carbons (Fsp3) is 0.500. The second-order valence-electron chi connectivity index (χ2n) is 5.81. The summed E-state index contributed by atoms with van der Waals surface area (Å²) in [6, 6.07) is 8.60. The number of para-hydroxylation sites is 1. The minimum Gasteiger partial charge on any atom is -0.481 e. The van der Waals surface area contributed by atoms with Gasteiger partial charge in [0.1, 0.15) is 5.01 Å². The van der Waals surface area contributed by atoms with Crippen molar-refractivity contribution in [2.24, 2.45) is 5.92 Å². The van der Waals surface area contributed by atoms with Crippen LogP contribution in [0.2, 0.25) is 0 Å². The molecule has 0 radical (unpaired) electrons. The van der Waals surface area contributed by atoms with Crippen LogP contribution in [0.4, 0.5) is 0 Å². The minimum absolute atomic E-state index is 0.167. The van der Waals surface area contributed by atoms with E-state index in [9.17, 15) is 4.79 Å². The molecule has 1 aromatic heterocycles. The van der Waals surface area contributed by atoms with Crippen molar-refractivity contribution in [3.63, 3.8) is 0 Å². The Hall–Kier alpha value is -1.46. The average molecular weight is 304 g/mol. The lowest BCUT2D eigenvalue weighted by molar-refractivity contribution is -0.143. The first-order valence-electron chi connectivity index (χ1n) is 7.48. The quantitative estimate of drug-likeness (QED) is 0.906. The largest absolute Gasteiger partial charge is 0.481 e. The van der Waals surface area contributed by atoms with Gasteiger partial charge in [-0.2, -0.15) is 0 Å². The number of carboxylic acid groups (broad SMARTS) is 1. The zero-order chi connectivity index (χ0) is 14.8. The molecule has 2 N–H and O–H groups in total. The first kappa shape index (κ1) is 14.5. The summed E-state index contributed by atoms with van der Waals surface area (Å²) < 4.78 is 1.20. The highest BCUT2D eigenvalue weighted by molar-refractivity contribution is 7.18. The molecule has 0 amide bonds. The predicted molar refractivity (Wildman–Crippen MR) is 84.6 cm³/mol. The number of hydrogen-bond donors (Lipinski definition) is 2. The number of aromatic nitrogens is 1. The average Bonchev–Trinajstić information content (AvgIpc) is 2.91. The van der Waals surface area contributed by atoms with Crippen LogP contribution in [0.3, 0.4) is 0 Å². The molecule has 0 saturated heterocycles. The lowest BCUT2D eigenvalue weighted by Crippen LogP contribution is -2.37. The molecular formula is C16H20N2O2S. The minimum atomic E-state index is -0.658. The normalized spacial score (nSPS) is 24.0. The maximum absolute atomic E-state index is 11.1. The van der Waals surface area contributed by atoms with Crippen molar-refractivity contribution in [2.45, 2.75) is 44.7 Å². The van der Waals surface area contributed by atoms with Gasteiger partial charge in [0.25, 0.3) is 0 Å². The molecule has 3 unspecified atom stereocenters. The van der Waals surface area contributed by atoms with Crippen molar-refractivity contribution in [1.29, 1.82) is 0 Å². The highest BCUT2D eigenvalue weighted by Gasteiger charge is 2.28. The van der Waals surface area contributed by atoms with Gasteiger partial charge in [-0.05, 0) is 38.3 Å². The maximum Gasteiger partial charge on any atom is 0.306 e. The monoisotopic (exact) mass is 304 g/mol. The fourth-order valence-electron chi connectivity index (χ4n) is 3.07. The molecule has 2 aromatic rings. The molecule has 1 aliphatic carbocycles. The van der Waals surface area contributed by atoms with E-state index in [-0.39, 0.29) is 18.0 Å². The molecule has 3 rings (SSSR count). The van der Waals surface area contributed by atoms with Gasteiger partial charge in [-0.1, -0.05) is 18.6 Å². The third-order valence-corrected chi connectivity index (χ3v) is 5.41. The van der Waals surface area contributed by atoms with Gasteiger partial charge in [0, 0.05) is 6.04 Å². The van der Waals surface area contributed by atoms with Gasteiger partial charge in [0.15, 0.2) is 0 Å². The van der Waals surface area contributed by atoms with Crippen LogP contribution < -0.4 is 5.32 Å². The number of nitrogens with one attached hydrogen (secondary N) is 1. The highest BCUT2D eigenvalue weighted by Crippen LogP contribution is 2.29. The zero-order valence-corrected chi connectivity index (χ0v) is 12.9. The van der Waals surface area contributed by atoms with Gasteiger partial charge in [-0.3, -0.25) is 4.79 Å². The first-order valence-corrected chi connectivity index (χ1v) is 8.29. The van der Waals surface area contributed by atoms with Crippen LogP contribution in [0.15, 0.2) is 24.3 Å². The summed E-state index contributed by atoms with van der Waals surface area (Å²) in [6.07, 6.45) is 3.58. The molecule has 4 nitrogen and oxygen atoms in total. The van der Waals surface area contributed by atoms with E-state index in [1.807, 2.05) is 18.2 Å². The number of aliphatic carboxylic acids is 1. The van der Waals surface area contributed by atoms with E-state index in [1.54, 1.807) is 11.3 Å². The van der Waals surface area contributed by atoms with Crippen molar-refractivity contribution in [1.82, 2.24) is 10.3 Å². The summed E-state index contributed by atoms with van der Waals surface area (Å²) in [4.78, 5) is 15.8. The van der Waals surface area contributed by atoms with Crippen LogP contribution in [-0.4, -0.2) is 22.1 Å². The number of carboxylic acids is 1. The number of hydrogen-bond acceptors (Lipinski definition) is 4. The Kier molecular flexibility index (Phi) is 4.22. The third kappa shape index (κ3) is 3.24. The van der Waals surface area contributed by atoms with Crippen LogP contribution >= 0.6 is 11.3 Å². The zero-order valence-electron chi connectivity index (χ0n) is 12.1. The van der Waals surface area contributed by atoms with E-state index < -0.39 is 5.97 Å². The summed E-state index contributed by atoms with van der Waals surface area (Å²) >= 11 is 1.71. The van der Waals surface area contributed by atoms with Gasteiger partial charge >= 0.3 is 5.97 Å². The molecule has 3 atom stereocenters. The van der Waals surface area contributed by atoms with E-state index in [2.05, 4.69) is 23.3 Å². The molecule has 0 bridgehead atoms. The third-order valence-electron chi connectivity index (χ3n) is 4.19. The molecule has 0 aliphatic heterocycles. The number of thiazole rings is 1. The summed E-state index contributed by atoms with van der Waals surface area (Å²) in [5.74, 6) is -0.854. The maximum atomic E-state index is 11.1. The first-order chi connectivity index (χ1) is 10.1. The van der Waals surface area contributed by atoms with Crippen molar-refractivity contribution < 1.29 is 9.90 Å². The number of nitrogens with zero attached hydrogens (tertiary/aromatic N) is 1. The Morgan fingerprint density at radius 3 is 3.00 bits per heavy atom. The Morgan fingerprint density at radius 2 is 2.24 bits per heavy atom. The number of benzene rings is 1. The van der Waals surface area contributed by atoms with Crippen LogP contribution in [0, 0.1) is 5.92 Å². The van der Waals surface area contributed by atoms with Crippen LogP contribution in [0.25, 0.3) is 10.2 Å². The molecule has 112 valence electrons. The molecular weight excluding hydrogens is 284 g/mol. The van der Waals surface area contributed by atoms with E-state index >= 15 is 0 Å². The topological polar surface area (TPSA) is 62.2 Å². The molecule has 1 fully saturated rings. The second-order valence-corrected chi connectivity index (χ2v) is 6.87. The van der Waals surface area contributed by atoms with Crippen LogP contribution in [-0.2, 0) is 4.79 Å². The van der Waals surface area contributed by atoms with Gasteiger partial charge in [-0.25, -0.2) is 4.98 Å². The van der Waals surface area contributed by atoms with Gasteiger partial charge in [0.2, 0.25) is 0 Å². The molecule has 1 aromatic carbocycles. The van der Waals surface area contributed by atoms with E-state index in [1.165, 1.54) is 4.70 Å². The van der Waals surface area contributed by atoms with Crippen LogP contribution in [0.5, 0.6) is 0 Å². The van der Waals surface area contributed by atoms with Crippen LogP contribution in [0.1, 0.15) is 43.7 Å². The fourth-order valence-corrected chi connectivity index (χ4v) is 4.04. The summed E-state index contributed by atoms with van der Waals surface area (Å²) in [5.41, 5.74) is 1.04. The van der Waals surface area contributed by atoms with Gasteiger partial charge in [0.05, 0.1) is 22.2 Å². The van der Waals surface area contributed by atoms with E-state index in [4.69, 9.17) is 5.11 Å². The van der Waals surface area contributed by atoms with Crippen molar-refractivity contribution in [3.05, 3.63) is 29.3 Å². The molecule has 1 saturated carbocycles. The van der Waals surface area contributed by atoms with Crippen molar-refractivity contribution >= 4 is 27.5 Å². The summed E-state index contributed by atoms with van der Waals surface area (Å²) in [6.45, 7) is 2.11. The number of carbonyl (C=O) groups is 1. The Labute approximate surface area is 128 Å². The summed E-state index contributed by atoms with van der Waals surface area (Å²) in [7, 11) is 0. The van der Waals surface area contributed by atoms with E-state index in [0.717, 1.165) is 36.2 Å². The Balaban J connectivity index is 1.68. The molecule has 1 heterocycles. The molecule has 0 spiro atoms. The molecule has 5 heteroatoms.